The van der Waals surface area contributed by atoms with Crippen LogP contribution in [0.25, 0.3) is 5.69 Å². The second kappa shape index (κ2) is 8.37. The first-order valence-electron chi connectivity index (χ1n) is 7.98. The van der Waals surface area contributed by atoms with Crippen molar-refractivity contribution in [1.29, 1.82) is 0 Å². The molecule has 27 heavy (non-hydrogen) atoms. The average Bonchev–Trinajstić information content (AvgIpc) is 2.63. The van der Waals surface area contributed by atoms with Gasteiger partial charge in [-0.3, -0.25) is 14.2 Å². The van der Waals surface area contributed by atoms with Gasteiger partial charge in [0, 0.05) is 17.4 Å². The smallest absolute Gasteiger partial charge is 0.258 e. The van der Waals surface area contributed by atoms with Gasteiger partial charge in [0.25, 0.3) is 5.56 Å². The van der Waals surface area contributed by atoms with E-state index in [1.54, 1.807) is 19.1 Å². The van der Waals surface area contributed by atoms with Gasteiger partial charge in [0.1, 0.15) is 5.82 Å². The summed E-state index contributed by atoms with van der Waals surface area (Å²) >= 11 is 6.85. The average molecular weight is 404 g/mol. The highest BCUT2D eigenvalue weighted by Gasteiger charge is 2.13. The third-order valence-electron chi connectivity index (χ3n) is 3.57. The number of hydrogen-bond donors (Lipinski definition) is 1. The lowest BCUT2D eigenvalue weighted by Crippen LogP contribution is -2.22. The number of aryl methyl sites for hydroxylation is 1. The number of rotatable bonds is 5. The first kappa shape index (κ1) is 19.1. The molecule has 0 aliphatic carbocycles. The van der Waals surface area contributed by atoms with Crippen LogP contribution in [0.1, 0.15) is 5.69 Å². The zero-order chi connectivity index (χ0) is 19.4. The highest BCUT2D eigenvalue weighted by molar-refractivity contribution is 7.99. The van der Waals surface area contributed by atoms with Crippen LogP contribution >= 0.6 is 23.4 Å². The first-order chi connectivity index (χ1) is 12.9. The summed E-state index contributed by atoms with van der Waals surface area (Å²) in [6, 6.07) is 14.5. The second-order valence-electron chi connectivity index (χ2n) is 5.66. The van der Waals surface area contributed by atoms with Crippen LogP contribution < -0.4 is 10.9 Å². The zero-order valence-corrected chi connectivity index (χ0v) is 15.9. The van der Waals surface area contributed by atoms with E-state index < -0.39 is 5.82 Å². The fourth-order valence-electron chi connectivity index (χ4n) is 2.38. The van der Waals surface area contributed by atoms with Crippen molar-refractivity contribution in [2.24, 2.45) is 0 Å². The minimum atomic E-state index is -0.556. The number of amides is 1. The lowest BCUT2D eigenvalue weighted by atomic mass is 10.3. The molecule has 1 amide bonds. The van der Waals surface area contributed by atoms with Gasteiger partial charge in [-0.25, -0.2) is 9.37 Å². The molecule has 5 nitrogen and oxygen atoms in total. The number of benzene rings is 2. The molecule has 138 valence electrons. The Morgan fingerprint density at radius 1 is 1.22 bits per heavy atom. The number of hydrogen-bond acceptors (Lipinski definition) is 4. The fourth-order valence-corrected chi connectivity index (χ4v) is 3.43. The third kappa shape index (κ3) is 4.75. The van der Waals surface area contributed by atoms with Gasteiger partial charge in [-0.05, 0) is 37.3 Å². The molecule has 0 fully saturated rings. The van der Waals surface area contributed by atoms with Crippen molar-refractivity contribution in [1.82, 2.24) is 9.55 Å². The zero-order valence-electron chi connectivity index (χ0n) is 14.3. The number of nitrogens with one attached hydrogen (secondary N) is 1. The van der Waals surface area contributed by atoms with Crippen LogP contribution in [0.4, 0.5) is 10.1 Å². The molecular weight excluding hydrogens is 389 g/mol. The van der Waals surface area contributed by atoms with E-state index in [-0.39, 0.29) is 22.2 Å². The largest absolute Gasteiger partial charge is 0.325 e. The van der Waals surface area contributed by atoms with Crippen LogP contribution in [-0.2, 0) is 4.79 Å². The highest BCUT2D eigenvalue weighted by Crippen LogP contribution is 2.21. The Balaban J connectivity index is 1.78. The van der Waals surface area contributed by atoms with E-state index in [1.807, 2.05) is 18.2 Å². The van der Waals surface area contributed by atoms with Crippen LogP contribution in [-0.4, -0.2) is 21.2 Å². The standard InChI is InChI=1S/C19H15ClFN3O2S/c1-12-9-18(26)24(14-5-3-2-4-6-14)19(22-12)27-11-17(25)23-13-7-8-16(21)15(20)10-13/h2-10H,11H2,1H3,(H,23,25). The van der Waals surface area contributed by atoms with Crippen molar-refractivity contribution in [2.75, 3.05) is 11.1 Å². The van der Waals surface area contributed by atoms with Gasteiger partial charge in [0.15, 0.2) is 5.16 Å². The number of anilines is 1. The molecule has 2 aromatic carbocycles. The molecule has 0 aliphatic rings. The molecule has 0 atom stereocenters. The van der Waals surface area contributed by atoms with Crippen molar-refractivity contribution in [3.8, 4) is 5.69 Å². The summed E-state index contributed by atoms with van der Waals surface area (Å²) in [5.74, 6) is -0.851. The number of nitrogens with zero attached hydrogens (tertiary/aromatic N) is 2. The number of halogens is 2. The Bertz CT molecular complexity index is 1040. The highest BCUT2D eigenvalue weighted by atomic mass is 35.5. The Morgan fingerprint density at radius 3 is 2.67 bits per heavy atom. The number of carbonyl (C=O) groups excluding carboxylic acids is 1. The second-order valence-corrected chi connectivity index (χ2v) is 7.00. The SMILES string of the molecule is Cc1cc(=O)n(-c2ccccc2)c(SCC(=O)Nc2ccc(F)c(Cl)c2)n1. The molecule has 3 rings (SSSR count). The van der Waals surface area contributed by atoms with Crippen LogP contribution in [0, 0.1) is 12.7 Å². The minimum Gasteiger partial charge on any atom is -0.325 e. The van der Waals surface area contributed by atoms with Crippen LogP contribution in [0.3, 0.4) is 0 Å². The summed E-state index contributed by atoms with van der Waals surface area (Å²) in [4.78, 5) is 29.0. The van der Waals surface area contributed by atoms with Crippen LogP contribution in [0.15, 0.2) is 64.5 Å². The van der Waals surface area contributed by atoms with E-state index in [4.69, 9.17) is 11.6 Å². The van der Waals surface area contributed by atoms with Gasteiger partial charge in [-0.15, -0.1) is 0 Å². The quantitative estimate of drug-likeness (QED) is 0.515. The monoisotopic (exact) mass is 403 g/mol. The van der Waals surface area contributed by atoms with Crippen molar-refractivity contribution < 1.29 is 9.18 Å². The molecule has 1 heterocycles. The topological polar surface area (TPSA) is 64.0 Å². The van der Waals surface area contributed by atoms with Gasteiger partial charge >= 0.3 is 0 Å². The molecule has 8 heteroatoms. The molecule has 3 aromatic rings. The summed E-state index contributed by atoms with van der Waals surface area (Å²) in [5.41, 5.74) is 1.41. The fraction of sp³-hybridized carbons (Fsp3) is 0.105. The predicted octanol–water partition coefficient (Wildman–Crippen LogP) is 4.06. The van der Waals surface area contributed by atoms with Crippen LogP contribution in [0.2, 0.25) is 5.02 Å². The summed E-state index contributed by atoms with van der Waals surface area (Å²) in [5, 5.41) is 2.99. The van der Waals surface area contributed by atoms with Gasteiger partial charge < -0.3 is 5.32 Å². The lowest BCUT2D eigenvalue weighted by molar-refractivity contribution is -0.113. The molecule has 0 saturated carbocycles. The summed E-state index contributed by atoms with van der Waals surface area (Å²) in [6.45, 7) is 1.72. The van der Waals surface area contributed by atoms with E-state index in [0.29, 0.717) is 22.2 Å². The van der Waals surface area contributed by atoms with E-state index in [1.165, 1.54) is 28.8 Å². The first-order valence-corrected chi connectivity index (χ1v) is 9.34. The molecule has 0 unspecified atom stereocenters. The number of aromatic nitrogens is 2. The van der Waals surface area contributed by atoms with Crippen molar-refractivity contribution in [3.63, 3.8) is 0 Å². The molecule has 0 bridgehead atoms. The third-order valence-corrected chi connectivity index (χ3v) is 4.79. The maximum absolute atomic E-state index is 13.2. The lowest BCUT2D eigenvalue weighted by Gasteiger charge is -2.12. The maximum atomic E-state index is 13.2. The van der Waals surface area contributed by atoms with Crippen molar-refractivity contribution in [2.45, 2.75) is 12.1 Å². The molecule has 0 radical (unpaired) electrons. The van der Waals surface area contributed by atoms with Gasteiger partial charge in [0.05, 0.1) is 16.5 Å². The predicted molar refractivity (Wildman–Crippen MR) is 105 cm³/mol. The number of thioether (sulfide) groups is 1. The van der Waals surface area contributed by atoms with E-state index >= 15 is 0 Å². The van der Waals surface area contributed by atoms with Gasteiger partial charge in [-0.1, -0.05) is 41.6 Å². The van der Waals surface area contributed by atoms with E-state index in [2.05, 4.69) is 10.3 Å². The molecule has 0 spiro atoms. The Labute approximate surface area is 164 Å². The van der Waals surface area contributed by atoms with Gasteiger partial charge in [-0.2, -0.15) is 0 Å². The van der Waals surface area contributed by atoms with E-state index in [9.17, 15) is 14.0 Å². The van der Waals surface area contributed by atoms with Gasteiger partial charge in [0.2, 0.25) is 5.91 Å². The van der Waals surface area contributed by atoms with Crippen LogP contribution in [0.5, 0.6) is 0 Å². The molecule has 1 aromatic heterocycles. The maximum Gasteiger partial charge on any atom is 0.258 e. The number of carbonyl (C=O) groups is 1. The normalized spacial score (nSPS) is 10.6. The molecular formula is C19H15ClFN3O2S. The Morgan fingerprint density at radius 2 is 1.96 bits per heavy atom. The molecule has 1 N–H and O–H groups in total. The van der Waals surface area contributed by atoms with E-state index in [0.717, 1.165) is 11.8 Å². The van der Waals surface area contributed by atoms with Crippen molar-refractivity contribution in [3.05, 3.63) is 81.5 Å². The minimum absolute atomic E-state index is 0.0255. The molecule has 0 saturated heterocycles. The summed E-state index contributed by atoms with van der Waals surface area (Å²) < 4.78 is 14.7. The van der Waals surface area contributed by atoms with Crippen molar-refractivity contribution >= 4 is 35.0 Å². The summed E-state index contributed by atoms with van der Waals surface area (Å²) in [6.07, 6.45) is 0. The number of para-hydroxylation sites is 1. The summed E-state index contributed by atoms with van der Waals surface area (Å²) in [7, 11) is 0. The Hall–Kier alpha value is -2.64. The molecule has 0 aliphatic heterocycles. The Kier molecular flexibility index (Phi) is 5.93.